The number of aromatic nitrogens is 1. The molecule has 1 spiro atoms. The zero-order valence-corrected chi connectivity index (χ0v) is 21.7. The second-order valence-corrected chi connectivity index (χ2v) is 10.8. The van der Waals surface area contributed by atoms with Crippen molar-refractivity contribution in [2.24, 2.45) is 0 Å². The Bertz CT molecular complexity index is 1500. The van der Waals surface area contributed by atoms with E-state index in [2.05, 4.69) is 4.98 Å². The lowest BCUT2D eigenvalue weighted by Gasteiger charge is -2.44. The second kappa shape index (κ2) is 9.55. The number of ether oxygens (including phenoxy) is 1. The van der Waals surface area contributed by atoms with Crippen molar-refractivity contribution in [1.29, 1.82) is 0 Å². The topological polar surface area (TPSA) is 62.4 Å². The number of Topliss-reactive ketones (excluding diaryl/α,β-unsaturated/α-hetero) is 1. The average Bonchev–Trinajstić information content (AvgIpc) is 3.25. The minimum Gasteiger partial charge on any atom is -0.486 e. The maximum Gasteiger partial charge on any atom is 0.222 e. The average molecular weight is 533 g/mol. The molecule has 0 radical (unpaired) electrons. The number of ketones is 1. The molecule has 3 aromatic carbocycles. The van der Waals surface area contributed by atoms with Gasteiger partial charge in [-0.25, -0.2) is 0 Å². The van der Waals surface area contributed by atoms with Crippen LogP contribution in [0.4, 0.5) is 0 Å². The van der Waals surface area contributed by atoms with E-state index in [1.807, 2.05) is 71.6 Å². The maximum absolute atomic E-state index is 13.3. The molecule has 0 unspecified atom stereocenters. The van der Waals surface area contributed by atoms with E-state index in [0.717, 1.165) is 27.7 Å². The number of likely N-dealkylation sites (tertiary alicyclic amines) is 1. The number of benzene rings is 3. The molecular weight excluding hydrogens is 507 g/mol. The molecule has 0 atom stereocenters. The summed E-state index contributed by atoms with van der Waals surface area (Å²) in [7, 11) is 0. The van der Waals surface area contributed by atoms with E-state index in [4.69, 9.17) is 27.9 Å². The van der Waals surface area contributed by atoms with Gasteiger partial charge in [-0.15, -0.1) is 0 Å². The number of rotatable bonds is 4. The van der Waals surface area contributed by atoms with Crippen molar-refractivity contribution in [3.05, 3.63) is 87.9 Å². The first-order valence-electron chi connectivity index (χ1n) is 12.6. The van der Waals surface area contributed by atoms with Crippen LogP contribution in [0.25, 0.3) is 22.2 Å². The van der Waals surface area contributed by atoms with Crippen LogP contribution >= 0.6 is 23.2 Å². The van der Waals surface area contributed by atoms with Crippen molar-refractivity contribution >= 4 is 45.8 Å². The van der Waals surface area contributed by atoms with Crippen molar-refractivity contribution in [3.63, 3.8) is 0 Å². The highest BCUT2D eigenvalue weighted by Crippen LogP contribution is 2.39. The summed E-state index contributed by atoms with van der Waals surface area (Å²) in [6.45, 7) is 1.16. The summed E-state index contributed by atoms with van der Waals surface area (Å²) in [6, 6.07) is 20.9. The third-order valence-corrected chi connectivity index (χ3v) is 8.10. The lowest BCUT2D eigenvalue weighted by Crippen LogP contribution is -2.52. The largest absolute Gasteiger partial charge is 0.486 e. The van der Waals surface area contributed by atoms with E-state index >= 15 is 0 Å². The Balaban J connectivity index is 1.17. The van der Waals surface area contributed by atoms with Crippen LogP contribution in [0.15, 0.2) is 66.7 Å². The van der Waals surface area contributed by atoms with Crippen molar-refractivity contribution in [1.82, 2.24) is 9.88 Å². The Hall–Kier alpha value is -3.28. The molecule has 0 saturated carbocycles. The molecule has 5 nitrogen and oxygen atoms in total. The van der Waals surface area contributed by atoms with Crippen LogP contribution in [0.5, 0.6) is 5.75 Å². The fourth-order valence-electron chi connectivity index (χ4n) is 5.62. The number of halogens is 2. The normalized spacial score (nSPS) is 16.6. The fourth-order valence-corrected chi connectivity index (χ4v) is 5.92. The van der Waals surface area contributed by atoms with Crippen LogP contribution in [0.2, 0.25) is 10.0 Å². The van der Waals surface area contributed by atoms with Crippen molar-refractivity contribution in [3.8, 4) is 17.0 Å². The minimum absolute atomic E-state index is 0.107. The van der Waals surface area contributed by atoms with E-state index in [9.17, 15) is 9.59 Å². The summed E-state index contributed by atoms with van der Waals surface area (Å²) in [5.74, 6) is 0.886. The molecule has 1 fully saturated rings. The van der Waals surface area contributed by atoms with Gasteiger partial charge >= 0.3 is 0 Å². The predicted octanol–water partition coefficient (Wildman–Crippen LogP) is 7.10. The van der Waals surface area contributed by atoms with E-state index < -0.39 is 5.60 Å². The Kier molecular flexibility index (Phi) is 6.21. The van der Waals surface area contributed by atoms with Crippen LogP contribution in [0.3, 0.4) is 0 Å². The van der Waals surface area contributed by atoms with E-state index in [1.54, 1.807) is 0 Å². The number of carbonyl (C=O) groups is 2. The van der Waals surface area contributed by atoms with Gasteiger partial charge in [0.05, 0.1) is 12.0 Å². The molecule has 7 heteroatoms. The molecule has 37 heavy (non-hydrogen) atoms. The molecule has 0 aliphatic carbocycles. The minimum atomic E-state index is -0.516. The molecule has 2 aliphatic heterocycles. The number of hydrogen-bond donors (Lipinski definition) is 1. The maximum atomic E-state index is 13.3. The van der Waals surface area contributed by atoms with Gasteiger partial charge in [0.15, 0.2) is 5.78 Å². The van der Waals surface area contributed by atoms with Gasteiger partial charge in [-0.1, -0.05) is 47.5 Å². The number of fused-ring (bicyclic) bond motifs is 2. The standard InChI is InChI=1S/C30H26Cl2N2O3/c31-20-7-5-19(6-8-20)29-22(24-17-21(32)9-11-25(24)33-29)10-12-28(36)34-15-13-30(14-16-34)18-26(35)23-3-1-2-4-27(23)37-30/h1-9,11,17,33H,10,12-16,18H2. The molecule has 2 aliphatic rings. The van der Waals surface area contributed by atoms with Gasteiger partial charge in [0.25, 0.3) is 0 Å². The van der Waals surface area contributed by atoms with Crippen molar-refractivity contribution in [2.45, 2.75) is 37.7 Å². The molecular formula is C30H26Cl2N2O3. The van der Waals surface area contributed by atoms with Crippen molar-refractivity contribution in [2.75, 3.05) is 13.1 Å². The number of aromatic amines is 1. The van der Waals surface area contributed by atoms with Crippen molar-refractivity contribution < 1.29 is 14.3 Å². The molecule has 1 saturated heterocycles. The Labute approximate surface area is 225 Å². The Morgan fingerprint density at radius 2 is 1.70 bits per heavy atom. The first-order chi connectivity index (χ1) is 17.9. The monoisotopic (exact) mass is 532 g/mol. The molecule has 6 rings (SSSR count). The van der Waals surface area contributed by atoms with Gasteiger partial charge in [0.1, 0.15) is 11.4 Å². The summed E-state index contributed by atoms with van der Waals surface area (Å²) < 4.78 is 6.33. The zero-order valence-electron chi connectivity index (χ0n) is 20.2. The zero-order chi connectivity index (χ0) is 25.6. The molecule has 3 heterocycles. The number of nitrogens with one attached hydrogen (secondary N) is 1. The van der Waals surface area contributed by atoms with Gasteiger partial charge < -0.3 is 14.6 Å². The van der Waals surface area contributed by atoms with Crippen LogP contribution in [-0.2, 0) is 11.2 Å². The lowest BCUT2D eigenvalue weighted by atomic mass is 9.82. The molecule has 188 valence electrons. The Morgan fingerprint density at radius 3 is 2.49 bits per heavy atom. The third kappa shape index (κ3) is 4.62. The van der Waals surface area contributed by atoms with E-state index in [-0.39, 0.29) is 11.7 Å². The molecule has 1 aromatic heterocycles. The van der Waals surface area contributed by atoms with Gasteiger partial charge in [-0.3, -0.25) is 9.59 Å². The molecule has 4 aromatic rings. The smallest absolute Gasteiger partial charge is 0.222 e. The third-order valence-electron chi connectivity index (χ3n) is 7.61. The second-order valence-electron chi connectivity index (χ2n) is 9.94. The van der Waals surface area contributed by atoms with Crippen LogP contribution < -0.4 is 4.74 Å². The predicted molar refractivity (Wildman–Crippen MR) is 147 cm³/mol. The first kappa shape index (κ1) is 24.1. The number of hydrogen-bond acceptors (Lipinski definition) is 3. The van der Waals surface area contributed by atoms with E-state index in [0.29, 0.717) is 66.6 Å². The summed E-state index contributed by atoms with van der Waals surface area (Å²) in [5, 5.41) is 2.36. The number of amides is 1. The Morgan fingerprint density at radius 1 is 0.973 bits per heavy atom. The fraction of sp³-hybridized carbons (Fsp3) is 0.267. The SMILES string of the molecule is O=C1CC2(CCN(C(=O)CCc3c(-c4ccc(Cl)cc4)[nH]c4ccc(Cl)cc34)CC2)Oc2ccccc21. The van der Waals surface area contributed by atoms with Gasteiger partial charge in [0, 0.05) is 59.0 Å². The number of aryl methyl sites for hydroxylation is 1. The number of H-pyrrole nitrogens is 1. The van der Waals surface area contributed by atoms with Crippen LogP contribution in [0, 0.1) is 0 Å². The molecule has 1 N–H and O–H groups in total. The summed E-state index contributed by atoms with van der Waals surface area (Å²) in [6.07, 6.45) is 2.64. The van der Waals surface area contributed by atoms with Gasteiger partial charge in [0.2, 0.25) is 5.91 Å². The number of para-hydroxylation sites is 1. The van der Waals surface area contributed by atoms with E-state index in [1.165, 1.54) is 0 Å². The number of piperidine rings is 1. The highest BCUT2D eigenvalue weighted by atomic mass is 35.5. The van der Waals surface area contributed by atoms with Gasteiger partial charge in [-0.05, 0) is 60.0 Å². The molecule has 0 bridgehead atoms. The van der Waals surface area contributed by atoms with Gasteiger partial charge in [-0.2, -0.15) is 0 Å². The summed E-state index contributed by atoms with van der Waals surface area (Å²) in [4.78, 5) is 31.4. The van der Waals surface area contributed by atoms with Crippen LogP contribution in [0.1, 0.15) is 41.6 Å². The highest BCUT2D eigenvalue weighted by Gasteiger charge is 2.43. The highest BCUT2D eigenvalue weighted by molar-refractivity contribution is 6.31. The summed E-state index contributed by atoms with van der Waals surface area (Å²) in [5.41, 5.74) is 4.18. The first-order valence-corrected chi connectivity index (χ1v) is 13.3. The lowest BCUT2D eigenvalue weighted by molar-refractivity contribution is -0.134. The number of carbonyl (C=O) groups excluding carboxylic acids is 2. The summed E-state index contributed by atoms with van der Waals surface area (Å²) >= 11 is 12.4. The molecule has 1 amide bonds. The van der Waals surface area contributed by atoms with Crippen LogP contribution in [-0.4, -0.2) is 40.3 Å². The quantitative estimate of drug-likeness (QED) is 0.304. The number of nitrogens with zero attached hydrogens (tertiary/aromatic N) is 1.